The van der Waals surface area contributed by atoms with Gasteiger partial charge in [0.05, 0.1) is 22.4 Å². The Hall–Kier alpha value is -11.0. The molecule has 0 amide bonds. The van der Waals surface area contributed by atoms with Crippen LogP contribution in [-0.2, 0) is 0 Å². The van der Waals surface area contributed by atoms with Gasteiger partial charge in [-0.15, -0.1) is 0 Å². The fourth-order valence-electron chi connectivity index (χ4n) is 15.6. The van der Waals surface area contributed by atoms with E-state index in [9.17, 15) is 0 Å². The van der Waals surface area contributed by atoms with E-state index < -0.39 is 16.1 Å². The highest BCUT2D eigenvalue weighted by Gasteiger charge is 2.48. The van der Waals surface area contributed by atoms with Gasteiger partial charge in [0.1, 0.15) is 0 Å². The normalized spacial score (nSPS) is 12.6. The van der Waals surface area contributed by atoms with Crippen LogP contribution in [0, 0.1) is 0 Å². The van der Waals surface area contributed by atoms with Gasteiger partial charge in [-0.25, -0.2) is 0 Å². The maximum absolute atomic E-state index is 3.10. The number of benzene rings is 14. The van der Waals surface area contributed by atoms with Crippen LogP contribution in [0.2, 0.25) is 0 Å². The van der Waals surface area contributed by atoms with Crippen molar-refractivity contribution in [1.82, 2.24) is 4.57 Å². The average Bonchev–Trinajstić information content (AvgIpc) is 0.768. The van der Waals surface area contributed by atoms with Gasteiger partial charge in [0.15, 0.2) is 16.1 Å². The predicted octanol–water partition coefficient (Wildman–Crippen LogP) is 13.3. The maximum atomic E-state index is 2.69. The van der Waals surface area contributed by atoms with E-state index in [2.05, 4.69) is 378 Å². The van der Waals surface area contributed by atoms with Gasteiger partial charge < -0.3 is 14.4 Å². The van der Waals surface area contributed by atoms with Gasteiger partial charge in [-0.05, 0) is 118 Å². The molecule has 0 N–H and O–H groups in total. The first kappa shape index (κ1) is 53.2. The first-order valence-electron chi connectivity index (χ1n) is 31.3. The molecule has 0 radical (unpaired) electrons. The standard InChI is InChI=1S/C84H60BN3Si2/c1-8-31-61(32-9-1)72-47-22-26-51-77(72)88-80-54-29-25-50-75(80)85-76-56-55-71(90(67-40-16-5-17-41-67,68-42-18-6-19-43-68)69-44-20-7-21-45-69)60-81(76)86(82-58-63(59-83(88)84(82)85)87-78-52-27-23-48-73(78)74-49-24-28-53-79(74)87)62-33-30-46-70(57-62)89(64-34-10-2-11-35-64,65-36-12-3-13-37-65)66-38-14-4-15-39-66/h1-60H. The molecule has 6 heteroatoms. The Bertz CT molecular complexity index is 4900. The van der Waals surface area contributed by atoms with Gasteiger partial charge >= 0.3 is 0 Å². The lowest BCUT2D eigenvalue weighted by Gasteiger charge is -2.45. The Kier molecular flexibility index (Phi) is 13.0. The molecule has 0 saturated heterocycles. The van der Waals surface area contributed by atoms with Crippen molar-refractivity contribution in [3.8, 4) is 16.8 Å². The van der Waals surface area contributed by atoms with E-state index in [1.165, 1.54) is 91.2 Å². The predicted molar refractivity (Wildman–Crippen MR) is 387 cm³/mol. The van der Waals surface area contributed by atoms with E-state index in [1.54, 1.807) is 0 Å². The molecule has 0 spiro atoms. The lowest BCUT2D eigenvalue weighted by atomic mass is 9.33. The monoisotopic (exact) mass is 1180 g/mol. The molecule has 0 aliphatic carbocycles. The Morgan fingerprint density at radius 1 is 0.233 bits per heavy atom. The molecule has 1 aromatic heterocycles. The van der Waals surface area contributed by atoms with Gasteiger partial charge in [-0.1, -0.05) is 309 Å². The lowest BCUT2D eigenvalue weighted by molar-refractivity contribution is 1.16. The summed E-state index contributed by atoms with van der Waals surface area (Å²) in [6.07, 6.45) is 0. The molecule has 0 saturated carbocycles. The van der Waals surface area contributed by atoms with Crippen molar-refractivity contribution in [2.75, 3.05) is 9.80 Å². The zero-order chi connectivity index (χ0) is 59.6. The van der Waals surface area contributed by atoms with E-state index in [0.717, 1.165) is 39.5 Å². The molecule has 0 fully saturated rings. The molecule has 90 heavy (non-hydrogen) atoms. The van der Waals surface area contributed by atoms with Crippen molar-refractivity contribution in [2.45, 2.75) is 0 Å². The van der Waals surface area contributed by atoms with Gasteiger partial charge in [-0.2, -0.15) is 0 Å². The number of hydrogen-bond acceptors (Lipinski definition) is 2. The Balaban J connectivity index is 1.03. The average molecular weight is 1180 g/mol. The number of para-hydroxylation sites is 4. The SMILES string of the molecule is c1ccc(-c2ccccc2N2c3ccccc3B3c4ccc([Si](c5ccccc5)(c5ccccc5)c5ccccc5)cc4N(c4cccc([Si](c5ccccc5)(c5ccccc5)c5ccccc5)c4)c4cc(-n5c6ccccc6c6ccccc65)cc2c43)cc1. The molecule has 15 aromatic rings. The minimum atomic E-state index is -3.10. The first-order valence-corrected chi connectivity index (χ1v) is 35.3. The van der Waals surface area contributed by atoms with Gasteiger partial charge in [0.25, 0.3) is 6.71 Å². The van der Waals surface area contributed by atoms with Crippen LogP contribution >= 0.6 is 0 Å². The highest BCUT2D eigenvalue weighted by Crippen LogP contribution is 2.48. The second-order valence-electron chi connectivity index (χ2n) is 23.8. The molecule has 0 bridgehead atoms. The van der Waals surface area contributed by atoms with E-state index in [0.29, 0.717) is 0 Å². The van der Waals surface area contributed by atoms with Crippen molar-refractivity contribution < 1.29 is 0 Å². The Labute approximate surface area is 528 Å². The summed E-state index contributed by atoms with van der Waals surface area (Å²) in [7, 11) is -6.16. The molecule has 14 aromatic carbocycles. The third kappa shape index (κ3) is 8.26. The number of rotatable bonds is 12. The van der Waals surface area contributed by atoms with Crippen LogP contribution < -0.4 is 67.7 Å². The smallest absolute Gasteiger partial charge is 0.252 e. The van der Waals surface area contributed by atoms with Crippen LogP contribution in [0.25, 0.3) is 38.6 Å². The van der Waals surface area contributed by atoms with Crippen molar-refractivity contribution >= 4 is 137 Å². The summed E-state index contributed by atoms with van der Waals surface area (Å²) < 4.78 is 2.52. The first-order chi connectivity index (χ1) is 44.7. The van der Waals surface area contributed by atoms with Gasteiger partial charge in [0.2, 0.25) is 0 Å². The second-order valence-corrected chi connectivity index (χ2v) is 31.5. The molecule has 422 valence electrons. The highest BCUT2D eigenvalue weighted by atomic mass is 28.3. The lowest BCUT2D eigenvalue weighted by Crippen LogP contribution is -2.75. The highest BCUT2D eigenvalue weighted by molar-refractivity contribution is 7.20. The maximum Gasteiger partial charge on any atom is 0.252 e. The van der Waals surface area contributed by atoms with E-state index in [4.69, 9.17) is 0 Å². The second kappa shape index (κ2) is 22.0. The Morgan fingerprint density at radius 3 is 1.13 bits per heavy atom. The number of anilines is 6. The van der Waals surface area contributed by atoms with Crippen LogP contribution in [0.3, 0.4) is 0 Å². The Morgan fingerprint density at radius 2 is 0.622 bits per heavy atom. The molecule has 17 rings (SSSR count). The summed E-state index contributed by atoms with van der Waals surface area (Å²) in [4.78, 5) is 5.28. The van der Waals surface area contributed by atoms with Crippen molar-refractivity contribution in [3.63, 3.8) is 0 Å². The molecule has 2 aliphatic heterocycles. The number of hydrogen-bond donors (Lipinski definition) is 0. The number of nitrogens with zero attached hydrogens (tertiary/aromatic N) is 3. The third-order valence-corrected chi connectivity index (χ3v) is 28.8. The minimum absolute atomic E-state index is 0.144. The minimum Gasteiger partial charge on any atom is -0.311 e. The van der Waals surface area contributed by atoms with E-state index in [1.807, 2.05) is 0 Å². The molecular formula is C84H60BN3Si2. The van der Waals surface area contributed by atoms with Crippen LogP contribution in [0.15, 0.2) is 364 Å². The van der Waals surface area contributed by atoms with Crippen molar-refractivity contribution in [3.05, 3.63) is 364 Å². The summed E-state index contributed by atoms with van der Waals surface area (Å²) in [6, 6.07) is 138. The topological polar surface area (TPSA) is 11.4 Å². The van der Waals surface area contributed by atoms with Crippen LogP contribution in [0.4, 0.5) is 34.1 Å². The van der Waals surface area contributed by atoms with Crippen molar-refractivity contribution in [1.29, 1.82) is 0 Å². The van der Waals surface area contributed by atoms with Crippen LogP contribution in [0.1, 0.15) is 0 Å². The number of aromatic nitrogens is 1. The molecule has 0 unspecified atom stereocenters. The molecule has 3 heterocycles. The fourth-order valence-corrected chi connectivity index (χ4v) is 25.1. The van der Waals surface area contributed by atoms with E-state index in [-0.39, 0.29) is 6.71 Å². The third-order valence-electron chi connectivity index (χ3n) is 19.2. The summed E-state index contributed by atoms with van der Waals surface area (Å²) >= 11 is 0. The zero-order valence-corrected chi connectivity index (χ0v) is 51.6. The quantitative estimate of drug-likeness (QED) is 0.0892. The van der Waals surface area contributed by atoms with Crippen LogP contribution in [0.5, 0.6) is 0 Å². The summed E-state index contributed by atoms with van der Waals surface area (Å²) in [6.45, 7) is -0.144. The van der Waals surface area contributed by atoms with Crippen LogP contribution in [-0.4, -0.2) is 27.4 Å². The summed E-state index contributed by atoms with van der Waals surface area (Å²) in [5.41, 5.74) is 16.4. The summed E-state index contributed by atoms with van der Waals surface area (Å²) in [5.74, 6) is 0. The van der Waals surface area contributed by atoms with E-state index >= 15 is 0 Å². The fraction of sp³-hybridized carbons (Fsp3) is 0. The molecule has 0 atom stereocenters. The summed E-state index contributed by atoms with van der Waals surface area (Å²) in [5, 5.41) is 13.1. The molecule has 2 aliphatic rings. The molecule has 3 nitrogen and oxygen atoms in total. The van der Waals surface area contributed by atoms with Crippen molar-refractivity contribution in [2.24, 2.45) is 0 Å². The number of fused-ring (bicyclic) bond motifs is 7. The zero-order valence-electron chi connectivity index (χ0n) is 49.6. The van der Waals surface area contributed by atoms with Gasteiger partial charge in [0, 0.05) is 44.8 Å². The molecular weight excluding hydrogens is 1120 g/mol. The largest absolute Gasteiger partial charge is 0.311 e. The van der Waals surface area contributed by atoms with Gasteiger partial charge in [-0.3, -0.25) is 0 Å².